The van der Waals surface area contributed by atoms with Crippen LogP contribution in [0.15, 0.2) is 72.4 Å². The zero-order valence-corrected chi connectivity index (χ0v) is 18.9. The summed E-state index contributed by atoms with van der Waals surface area (Å²) in [7, 11) is 1.52. The molecule has 2 amide bonds. The fourth-order valence-electron chi connectivity index (χ4n) is 3.79. The lowest BCUT2D eigenvalue weighted by molar-refractivity contribution is -0.136. The van der Waals surface area contributed by atoms with Crippen LogP contribution >= 0.6 is 11.6 Å². The van der Waals surface area contributed by atoms with Crippen molar-refractivity contribution >= 4 is 34.7 Å². The number of anilines is 1. The summed E-state index contributed by atoms with van der Waals surface area (Å²) in [6, 6.07) is 18.3. The number of imide groups is 1. The molecule has 0 atom stereocenters. The number of hydrogen-bond acceptors (Lipinski definition) is 4. The van der Waals surface area contributed by atoms with E-state index in [9.17, 15) is 14.0 Å². The summed E-state index contributed by atoms with van der Waals surface area (Å²) in [4.78, 5) is 28.1. The maximum atomic E-state index is 13.5. The van der Waals surface area contributed by atoms with E-state index in [4.69, 9.17) is 16.3 Å². The maximum Gasteiger partial charge on any atom is 0.278 e. The molecule has 0 aromatic heterocycles. The first-order valence-electron chi connectivity index (χ1n) is 10.4. The van der Waals surface area contributed by atoms with Crippen molar-refractivity contribution in [2.24, 2.45) is 0 Å². The lowest BCUT2D eigenvalue weighted by Crippen LogP contribution is -2.34. The highest BCUT2D eigenvalue weighted by atomic mass is 35.5. The number of halogens is 2. The Balaban J connectivity index is 1.71. The molecule has 0 bridgehead atoms. The van der Waals surface area contributed by atoms with Crippen LogP contribution in [0, 0.1) is 12.7 Å². The summed E-state index contributed by atoms with van der Waals surface area (Å²) in [6.07, 6.45) is 0.407. The van der Waals surface area contributed by atoms with Gasteiger partial charge in [-0.25, -0.2) is 4.39 Å². The molecule has 33 heavy (non-hydrogen) atoms. The van der Waals surface area contributed by atoms with Gasteiger partial charge in [-0.15, -0.1) is 0 Å². The van der Waals surface area contributed by atoms with Crippen LogP contribution in [-0.2, 0) is 16.0 Å². The molecule has 0 saturated heterocycles. The number of para-hydroxylation sites is 1. The fourth-order valence-corrected chi connectivity index (χ4v) is 4.02. The monoisotopic (exact) mass is 464 g/mol. The van der Waals surface area contributed by atoms with E-state index < -0.39 is 11.8 Å². The number of nitrogens with one attached hydrogen (secondary N) is 1. The topological polar surface area (TPSA) is 58.6 Å². The highest BCUT2D eigenvalue weighted by Gasteiger charge is 2.40. The quantitative estimate of drug-likeness (QED) is 0.486. The van der Waals surface area contributed by atoms with Crippen LogP contribution in [0.5, 0.6) is 5.75 Å². The Labute approximate surface area is 196 Å². The molecule has 0 radical (unpaired) electrons. The van der Waals surface area contributed by atoms with Crippen molar-refractivity contribution in [3.05, 3.63) is 100.0 Å². The van der Waals surface area contributed by atoms with Gasteiger partial charge < -0.3 is 10.1 Å². The lowest BCUT2D eigenvalue weighted by Gasteiger charge is -2.16. The number of benzene rings is 3. The van der Waals surface area contributed by atoms with Crippen molar-refractivity contribution < 1.29 is 18.7 Å². The van der Waals surface area contributed by atoms with Gasteiger partial charge in [-0.3, -0.25) is 14.5 Å². The number of amides is 2. The summed E-state index contributed by atoms with van der Waals surface area (Å²) in [5.74, 6) is -0.698. The molecule has 0 fully saturated rings. The number of hydrogen-bond donors (Lipinski definition) is 1. The predicted molar refractivity (Wildman–Crippen MR) is 127 cm³/mol. The normalized spacial score (nSPS) is 13.6. The van der Waals surface area contributed by atoms with Gasteiger partial charge in [-0.2, -0.15) is 0 Å². The van der Waals surface area contributed by atoms with Gasteiger partial charge in [0.05, 0.1) is 12.7 Å². The Kier molecular flexibility index (Phi) is 6.47. The molecule has 1 aliphatic rings. The molecule has 0 aliphatic carbocycles. The fraction of sp³-hybridized carbons (Fsp3) is 0.154. The summed E-state index contributed by atoms with van der Waals surface area (Å²) < 4.78 is 18.7. The molecule has 1 N–H and O–H groups in total. The minimum atomic E-state index is -0.433. The summed E-state index contributed by atoms with van der Waals surface area (Å²) in [6.45, 7) is 2.03. The van der Waals surface area contributed by atoms with Crippen LogP contribution < -0.4 is 10.1 Å². The third-order valence-corrected chi connectivity index (χ3v) is 5.76. The predicted octanol–water partition coefficient (Wildman–Crippen LogP) is 5.23. The third-order valence-electron chi connectivity index (χ3n) is 5.53. The molecule has 5 nitrogen and oxygen atoms in total. The second kappa shape index (κ2) is 9.46. The van der Waals surface area contributed by atoms with Crippen LogP contribution in [0.1, 0.15) is 16.7 Å². The summed E-state index contributed by atoms with van der Waals surface area (Å²) in [5, 5.41) is 3.73. The van der Waals surface area contributed by atoms with Gasteiger partial charge in [0.15, 0.2) is 0 Å². The number of methoxy groups -OCH3 is 1. The molecule has 3 aromatic rings. The van der Waals surface area contributed by atoms with E-state index in [1.807, 2.05) is 6.92 Å². The van der Waals surface area contributed by atoms with E-state index in [0.29, 0.717) is 28.4 Å². The molecule has 7 heteroatoms. The first-order chi connectivity index (χ1) is 15.9. The van der Waals surface area contributed by atoms with E-state index in [1.165, 1.54) is 24.1 Å². The minimum absolute atomic E-state index is 0.159. The molecule has 0 unspecified atom stereocenters. The third kappa shape index (κ3) is 4.61. The van der Waals surface area contributed by atoms with Gasteiger partial charge in [0, 0.05) is 22.8 Å². The number of carbonyl (C=O) groups is 2. The molecular formula is C26H22ClFN2O3. The second-order valence-electron chi connectivity index (χ2n) is 7.67. The highest BCUT2D eigenvalue weighted by molar-refractivity contribution is 6.37. The van der Waals surface area contributed by atoms with Crippen LogP contribution in [-0.4, -0.2) is 30.4 Å². The molecule has 0 spiro atoms. The van der Waals surface area contributed by atoms with Crippen molar-refractivity contribution in [3.8, 4) is 5.75 Å². The average Bonchev–Trinajstić information content (AvgIpc) is 3.04. The summed E-state index contributed by atoms with van der Waals surface area (Å²) in [5.41, 5.74) is 3.27. The molecule has 1 heterocycles. The molecule has 4 rings (SSSR count). The van der Waals surface area contributed by atoms with Crippen molar-refractivity contribution in [2.75, 3.05) is 19.0 Å². The number of nitrogens with zero attached hydrogens (tertiary/aromatic N) is 1. The highest BCUT2D eigenvalue weighted by Crippen LogP contribution is 2.36. The smallest absolute Gasteiger partial charge is 0.278 e. The van der Waals surface area contributed by atoms with Gasteiger partial charge in [-0.1, -0.05) is 41.9 Å². The Morgan fingerprint density at radius 3 is 2.42 bits per heavy atom. The van der Waals surface area contributed by atoms with E-state index in [1.54, 1.807) is 54.6 Å². The largest absolute Gasteiger partial charge is 0.496 e. The molecule has 0 saturated carbocycles. The van der Waals surface area contributed by atoms with Gasteiger partial charge in [-0.05, 0) is 60.9 Å². The Bertz CT molecular complexity index is 1250. The van der Waals surface area contributed by atoms with Gasteiger partial charge in [0.1, 0.15) is 17.3 Å². The zero-order valence-electron chi connectivity index (χ0n) is 18.2. The first-order valence-corrected chi connectivity index (χ1v) is 10.8. The molecule has 1 aliphatic heterocycles. The second-order valence-corrected chi connectivity index (χ2v) is 8.11. The van der Waals surface area contributed by atoms with Crippen LogP contribution in [0.4, 0.5) is 10.1 Å². The Hall–Kier alpha value is -3.64. The Morgan fingerprint density at radius 2 is 1.73 bits per heavy atom. The van der Waals surface area contributed by atoms with E-state index in [-0.39, 0.29) is 23.6 Å². The van der Waals surface area contributed by atoms with E-state index >= 15 is 0 Å². The zero-order chi connectivity index (χ0) is 23.5. The lowest BCUT2D eigenvalue weighted by atomic mass is 10.0. The average molecular weight is 465 g/mol. The number of rotatable bonds is 7. The molecule has 168 valence electrons. The number of ether oxygens (including phenoxy) is 1. The first kappa shape index (κ1) is 22.6. The minimum Gasteiger partial charge on any atom is -0.496 e. The van der Waals surface area contributed by atoms with E-state index in [0.717, 1.165) is 11.1 Å². The van der Waals surface area contributed by atoms with Crippen molar-refractivity contribution in [3.63, 3.8) is 0 Å². The van der Waals surface area contributed by atoms with E-state index in [2.05, 4.69) is 5.32 Å². The summed E-state index contributed by atoms with van der Waals surface area (Å²) >= 11 is 6.07. The van der Waals surface area contributed by atoms with Crippen LogP contribution in [0.3, 0.4) is 0 Å². The number of aryl methyl sites for hydroxylation is 1. The van der Waals surface area contributed by atoms with Crippen LogP contribution in [0.2, 0.25) is 5.02 Å². The Morgan fingerprint density at radius 1 is 1.00 bits per heavy atom. The molecule has 3 aromatic carbocycles. The molecular weight excluding hydrogens is 443 g/mol. The SMILES string of the molecule is COc1ccccc1C1=C(Nc2ccc(Cl)cc2C)C(=O)N(CCc2ccc(F)cc2)C1=O. The van der Waals surface area contributed by atoms with Gasteiger partial charge in [0.2, 0.25) is 0 Å². The van der Waals surface area contributed by atoms with Crippen molar-refractivity contribution in [2.45, 2.75) is 13.3 Å². The number of carbonyl (C=O) groups excluding carboxylic acids is 2. The van der Waals surface area contributed by atoms with Crippen molar-refractivity contribution in [1.82, 2.24) is 4.90 Å². The standard InChI is InChI=1S/C26H22ClFN2O3/c1-16-15-18(27)9-12-21(16)29-24-23(20-5-3-4-6-22(20)33-2)25(31)30(26(24)32)14-13-17-7-10-19(28)11-8-17/h3-12,15,29H,13-14H2,1-2H3. The van der Waals surface area contributed by atoms with Gasteiger partial charge in [0.25, 0.3) is 11.8 Å². The van der Waals surface area contributed by atoms with Gasteiger partial charge >= 0.3 is 0 Å². The maximum absolute atomic E-state index is 13.5. The van der Waals surface area contributed by atoms with Crippen molar-refractivity contribution in [1.29, 1.82) is 0 Å². The van der Waals surface area contributed by atoms with Crippen LogP contribution in [0.25, 0.3) is 5.57 Å².